The topological polar surface area (TPSA) is 88.1 Å². The molecule has 0 aliphatic carbocycles. The Hall–Kier alpha value is -4.14. The van der Waals surface area contributed by atoms with Gasteiger partial charge in [0, 0.05) is 5.02 Å². The van der Waals surface area contributed by atoms with E-state index in [1.54, 1.807) is 60.7 Å². The molecule has 0 atom stereocenters. The summed E-state index contributed by atoms with van der Waals surface area (Å²) in [5.74, 6) is 0.103. The number of nitrogens with zero attached hydrogens (tertiary/aromatic N) is 2. The van der Waals surface area contributed by atoms with Gasteiger partial charge in [-0.15, -0.1) is 0 Å². The predicted molar refractivity (Wildman–Crippen MR) is 155 cm³/mol. The molecule has 0 bridgehead atoms. The number of sulfonamides is 1. The summed E-state index contributed by atoms with van der Waals surface area (Å²) in [6.45, 7) is 3.75. The van der Waals surface area contributed by atoms with Crippen LogP contribution < -0.4 is 14.5 Å². The fraction of sp³-hybridized carbons (Fsp3) is 0.133. The van der Waals surface area contributed by atoms with Gasteiger partial charge in [-0.25, -0.2) is 13.8 Å². The highest BCUT2D eigenvalue weighted by Crippen LogP contribution is 2.24. The van der Waals surface area contributed by atoms with E-state index in [-0.39, 0.29) is 4.90 Å². The minimum atomic E-state index is -3.99. The molecule has 39 heavy (non-hydrogen) atoms. The third kappa shape index (κ3) is 7.69. The summed E-state index contributed by atoms with van der Waals surface area (Å²) in [7, 11) is -3.99. The average molecular weight is 562 g/mol. The Morgan fingerprint density at radius 1 is 0.872 bits per heavy atom. The Morgan fingerprint density at radius 2 is 1.46 bits per heavy atom. The summed E-state index contributed by atoms with van der Waals surface area (Å²) >= 11 is 5.91. The molecule has 0 spiro atoms. The fourth-order valence-corrected chi connectivity index (χ4v) is 5.15. The second-order valence-corrected chi connectivity index (χ2v) is 11.2. The van der Waals surface area contributed by atoms with Gasteiger partial charge in [-0.1, -0.05) is 59.1 Å². The number of anilines is 1. The van der Waals surface area contributed by atoms with Crippen molar-refractivity contribution in [3.8, 4) is 5.75 Å². The fourth-order valence-electron chi connectivity index (χ4n) is 3.61. The van der Waals surface area contributed by atoms with Gasteiger partial charge in [0.2, 0.25) is 0 Å². The van der Waals surface area contributed by atoms with Crippen LogP contribution >= 0.6 is 11.6 Å². The van der Waals surface area contributed by atoms with Crippen LogP contribution in [0.25, 0.3) is 0 Å². The van der Waals surface area contributed by atoms with E-state index < -0.39 is 22.5 Å². The number of carbonyl (C=O) groups is 1. The van der Waals surface area contributed by atoms with Gasteiger partial charge in [0.05, 0.1) is 16.8 Å². The summed E-state index contributed by atoms with van der Waals surface area (Å²) < 4.78 is 33.7. The zero-order chi connectivity index (χ0) is 27.8. The van der Waals surface area contributed by atoms with E-state index in [9.17, 15) is 13.2 Å². The summed E-state index contributed by atoms with van der Waals surface area (Å²) in [4.78, 5) is 12.9. The van der Waals surface area contributed by atoms with Gasteiger partial charge in [0.1, 0.15) is 18.9 Å². The molecule has 0 aliphatic heterocycles. The maximum atomic E-state index is 13.4. The minimum absolute atomic E-state index is 0.100. The van der Waals surface area contributed by atoms with Crippen molar-refractivity contribution in [1.82, 2.24) is 5.43 Å². The molecule has 0 heterocycles. The molecule has 0 saturated heterocycles. The molecule has 0 fully saturated rings. The number of halogens is 1. The molecule has 0 unspecified atom stereocenters. The molecule has 9 heteroatoms. The maximum Gasteiger partial charge on any atom is 0.264 e. The third-order valence-corrected chi connectivity index (χ3v) is 7.86. The van der Waals surface area contributed by atoms with E-state index in [1.807, 2.05) is 38.1 Å². The molecule has 4 aromatic rings. The van der Waals surface area contributed by atoms with E-state index in [1.165, 1.54) is 18.3 Å². The number of hydrogen-bond acceptors (Lipinski definition) is 5. The molecule has 7 nitrogen and oxygen atoms in total. The number of rotatable bonds is 10. The third-order valence-electron chi connectivity index (χ3n) is 5.82. The van der Waals surface area contributed by atoms with Crippen LogP contribution in [0, 0.1) is 13.8 Å². The van der Waals surface area contributed by atoms with Crippen LogP contribution in [0.5, 0.6) is 5.75 Å². The van der Waals surface area contributed by atoms with Gasteiger partial charge in [0.25, 0.3) is 15.9 Å². The normalized spacial score (nSPS) is 11.4. The standard InChI is InChI=1S/C30H28ClN3O4S/c1-22-3-13-27(14-4-22)34(39(36,37)29-17-5-23(2)6-18-29)20-30(35)33-32-19-24-9-15-28(16-10-24)38-21-25-7-11-26(31)12-8-25/h3-19H,20-21H2,1-2H3,(H,33,35)/b32-19-. The lowest BCUT2D eigenvalue weighted by molar-refractivity contribution is -0.119. The SMILES string of the molecule is Cc1ccc(N(CC(=O)N/N=C\c2ccc(OCc3ccc(Cl)cc3)cc2)S(=O)(=O)c2ccc(C)cc2)cc1. The van der Waals surface area contributed by atoms with Crippen LogP contribution in [-0.2, 0) is 21.4 Å². The number of ether oxygens (including phenoxy) is 1. The quantitative estimate of drug-likeness (QED) is 0.193. The van der Waals surface area contributed by atoms with Crippen molar-refractivity contribution in [3.05, 3.63) is 124 Å². The van der Waals surface area contributed by atoms with Gasteiger partial charge < -0.3 is 4.74 Å². The second kappa shape index (κ2) is 12.6. The molecule has 1 amide bonds. The van der Waals surface area contributed by atoms with Gasteiger partial charge in [-0.3, -0.25) is 9.10 Å². The van der Waals surface area contributed by atoms with Gasteiger partial charge >= 0.3 is 0 Å². The zero-order valence-corrected chi connectivity index (χ0v) is 23.1. The van der Waals surface area contributed by atoms with Crippen molar-refractivity contribution < 1.29 is 17.9 Å². The van der Waals surface area contributed by atoms with Gasteiger partial charge in [-0.2, -0.15) is 5.10 Å². The molecule has 4 rings (SSSR count). The molecule has 0 radical (unpaired) electrons. The molecule has 0 aromatic heterocycles. The molecular weight excluding hydrogens is 534 g/mol. The van der Waals surface area contributed by atoms with Crippen LogP contribution in [0.1, 0.15) is 22.3 Å². The summed E-state index contributed by atoms with van der Waals surface area (Å²) in [6, 6.07) is 28.1. The molecule has 4 aromatic carbocycles. The lowest BCUT2D eigenvalue weighted by Crippen LogP contribution is -2.39. The highest BCUT2D eigenvalue weighted by Gasteiger charge is 2.27. The average Bonchev–Trinajstić information content (AvgIpc) is 2.93. The van der Waals surface area contributed by atoms with Crippen LogP contribution in [0.4, 0.5) is 5.69 Å². The first-order chi connectivity index (χ1) is 18.7. The summed E-state index contributed by atoms with van der Waals surface area (Å²) in [5, 5.41) is 4.67. The summed E-state index contributed by atoms with van der Waals surface area (Å²) in [6.07, 6.45) is 1.48. The number of carbonyl (C=O) groups excluding carboxylic acids is 1. The molecule has 0 aliphatic rings. The Labute approximate surface area is 233 Å². The van der Waals surface area contributed by atoms with Gasteiger partial charge in [-0.05, 0) is 85.6 Å². The smallest absolute Gasteiger partial charge is 0.264 e. The molecule has 0 saturated carbocycles. The van der Waals surface area contributed by atoms with Crippen molar-refractivity contribution in [1.29, 1.82) is 0 Å². The van der Waals surface area contributed by atoms with E-state index in [2.05, 4.69) is 10.5 Å². The van der Waals surface area contributed by atoms with Crippen molar-refractivity contribution in [3.63, 3.8) is 0 Å². The maximum absolute atomic E-state index is 13.4. The molecular formula is C30H28ClN3O4S. The molecule has 200 valence electrons. The Kier molecular flexibility index (Phi) is 9.01. The molecule has 1 N–H and O–H groups in total. The first-order valence-electron chi connectivity index (χ1n) is 12.2. The van der Waals surface area contributed by atoms with Crippen LogP contribution in [0.3, 0.4) is 0 Å². The van der Waals surface area contributed by atoms with E-state index in [0.29, 0.717) is 23.1 Å². The predicted octanol–water partition coefficient (Wildman–Crippen LogP) is 5.88. The lowest BCUT2D eigenvalue weighted by atomic mass is 10.2. The zero-order valence-electron chi connectivity index (χ0n) is 21.5. The monoisotopic (exact) mass is 561 g/mol. The second-order valence-electron chi connectivity index (χ2n) is 8.94. The van der Waals surface area contributed by atoms with Crippen molar-refractivity contribution in [2.75, 3.05) is 10.8 Å². The number of nitrogens with one attached hydrogen (secondary N) is 1. The summed E-state index contributed by atoms with van der Waals surface area (Å²) in [5.41, 5.74) is 6.45. The van der Waals surface area contributed by atoms with Crippen molar-refractivity contribution >= 4 is 39.4 Å². The Morgan fingerprint density at radius 3 is 2.08 bits per heavy atom. The van der Waals surface area contributed by atoms with Crippen molar-refractivity contribution in [2.45, 2.75) is 25.3 Å². The Bertz CT molecular complexity index is 1540. The number of amides is 1. The first-order valence-corrected chi connectivity index (χ1v) is 14.0. The number of hydrogen-bond donors (Lipinski definition) is 1. The lowest BCUT2D eigenvalue weighted by Gasteiger charge is -2.24. The van der Waals surface area contributed by atoms with Crippen molar-refractivity contribution in [2.24, 2.45) is 5.10 Å². The number of hydrazone groups is 1. The van der Waals surface area contributed by atoms with E-state index in [4.69, 9.17) is 16.3 Å². The highest BCUT2D eigenvalue weighted by atomic mass is 35.5. The largest absolute Gasteiger partial charge is 0.489 e. The number of aryl methyl sites for hydroxylation is 2. The van der Waals surface area contributed by atoms with Crippen LogP contribution in [0.2, 0.25) is 5.02 Å². The van der Waals surface area contributed by atoms with Crippen LogP contribution in [0.15, 0.2) is 107 Å². The number of benzene rings is 4. The van der Waals surface area contributed by atoms with Gasteiger partial charge in [0.15, 0.2) is 0 Å². The minimum Gasteiger partial charge on any atom is -0.489 e. The van der Waals surface area contributed by atoms with E-state index in [0.717, 1.165) is 26.6 Å². The van der Waals surface area contributed by atoms with E-state index >= 15 is 0 Å². The Balaban J connectivity index is 1.39. The van der Waals surface area contributed by atoms with Crippen LogP contribution in [-0.4, -0.2) is 27.1 Å². The highest BCUT2D eigenvalue weighted by molar-refractivity contribution is 7.92. The first kappa shape index (κ1) is 27.9.